The van der Waals surface area contributed by atoms with Crippen LogP contribution >= 0.6 is 11.6 Å². The Morgan fingerprint density at radius 1 is 1.36 bits per heavy atom. The van der Waals surface area contributed by atoms with Crippen LogP contribution in [0.5, 0.6) is 0 Å². The summed E-state index contributed by atoms with van der Waals surface area (Å²) in [6.07, 6.45) is 0.996. The molecule has 0 aliphatic heterocycles. The van der Waals surface area contributed by atoms with Crippen LogP contribution in [-0.4, -0.2) is 6.54 Å². The van der Waals surface area contributed by atoms with Gasteiger partial charge in [-0.1, -0.05) is 31.5 Å². The number of hydrogen-bond acceptors (Lipinski definition) is 1. The zero-order chi connectivity index (χ0) is 10.8. The molecule has 1 aromatic rings. The van der Waals surface area contributed by atoms with E-state index < -0.39 is 0 Å². The Morgan fingerprint density at radius 3 is 2.50 bits per heavy atom. The maximum Gasteiger partial charge on any atom is 0.0408 e. The largest absolute Gasteiger partial charge is 0.330 e. The lowest BCUT2D eigenvalue weighted by molar-refractivity contribution is 0.485. The predicted molar refractivity (Wildman–Crippen MR) is 62.9 cm³/mol. The molecule has 0 spiro atoms. The molecular formula is C12H18ClN. The van der Waals surface area contributed by atoms with E-state index >= 15 is 0 Å². The summed E-state index contributed by atoms with van der Waals surface area (Å²) in [6, 6.07) is 6.06. The molecule has 0 fully saturated rings. The van der Waals surface area contributed by atoms with E-state index in [1.54, 1.807) is 0 Å². The summed E-state index contributed by atoms with van der Waals surface area (Å²) in [5.74, 6) is 0. The molecule has 2 N–H and O–H groups in total. The topological polar surface area (TPSA) is 26.0 Å². The predicted octanol–water partition coefficient (Wildman–Crippen LogP) is 3.27. The van der Waals surface area contributed by atoms with Gasteiger partial charge in [0.1, 0.15) is 0 Å². The molecule has 0 radical (unpaired) electrons. The van der Waals surface area contributed by atoms with Gasteiger partial charge in [-0.05, 0) is 48.6 Å². The molecule has 0 aliphatic rings. The molecule has 0 aliphatic carbocycles. The summed E-state index contributed by atoms with van der Waals surface area (Å²) >= 11 is 5.92. The van der Waals surface area contributed by atoms with E-state index in [0.717, 1.165) is 18.0 Å². The van der Waals surface area contributed by atoms with Gasteiger partial charge in [0.05, 0.1) is 0 Å². The highest BCUT2D eigenvalue weighted by molar-refractivity contribution is 6.30. The molecule has 0 saturated carbocycles. The smallest absolute Gasteiger partial charge is 0.0408 e. The molecule has 0 aromatic heterocycles. The number of aryl methyl sites for hydroxylation is 1. The molecular weight excluding hydrogens is 194 g/mol. The van der Waals surface area contributed by atoms with Crippen molar-refractivity contribution in [2.75, 3.05) is 6.54 Å². The Bertz CT molecular complexity index is 318. The quantitative estimate of drug-likeness (QED) is 0.816. The summed E-state index contributed by atoms with van der Waals surface area (Å²) in [7, 11) is 0. The Hall–Kier alpha value is -0.530. The number of halogens is 1. The van der Waals surface area contributed by atoms with E-state index in [4.69, 9.17) is 17.3 Å². The summed E-state index contributed by atoms with van der Waals surface area (Å²) in [6.45, 7) is 7.25. The minimum atomic E-state index is 0.142. The molecule has 78 valence electrons. The van der Waals surface area contributed by atoms with Gasteiger partial charge >= 0.3 is 0 Å². The van der Waals surface area contributed by atoms with Crippen molar-refractivity contribution < 1.29 is 0 Å². The number of nitrogens with two attached hydrogens (primary N) is 1. The van der Waals surface area contributed by atoms with Crippen molar-refractivity contribution in [2.45, 2.75) is 32.6 Å². The molecule has 1 aromatic carbocycles. The normalized spacial score (nSPS) is 11.8. The molecule has 0 amide bonds. The van der Waals surface area contributed by atoms with Gasteiger partial charge in [-0.15, -0.1) is 0 Å². The Morgan fingerprint density at radius 2 is 2.00 bits per heavy atom. The van der Waals surface area contributed by atoms with Crippen LogP contribution in [0.2, 0.25) is 5.02 Å². The van der Waals surface area contributed by atoms with E-state index in [9.17, 15) is 0 Å². The second-order valence-corrected chi connectivity index (χ2v) is 4.82. The molecule has 1 rings (SSSR count). The van der Waals surface area contributed by atoms with Crippen molar-refractivity contribution >= 4 is 11.6 Å². The van der Waals surface area contributed by atoms with Crippen LogP contribution in [0.1, 0.15) is 31.4 Å². The van der Waals surface area contributed by atoms with Crippen LogP contribution in [0.3, 0.4) is 0 Å². The first-order chi connectivity index (χ1) is 6.47. The lowest BCUT2D eigenvalue weighted by Crippen LogP contribution is -2.22. The minimum Gasteiger partial charge on any atom is -0.330 e. The fourth-order valence-electron chi connectivity index (χ4n) is 1.88. The van der Waals surface area contributed by atoms with E-state index in [1.807, 2.05) is 12.1 Å². The van der Waals surface area contributed by atoms with E-state index in [-0.39, 0.29) is 5.41 Å². The van der Waals surface area contributed by atoms with Gasteiger partial charge < -0.3 is 5.73 Å². The second-order valence-electron chi connectivity index (χ2n) is 4.38. The first-order valence-corrected chi connectivity index (χ1v) is 5.32. The fraction of sp³-hybridized carbons (Fsp3) is 0.500. The van der Waals surface area contributed by atoms with Crippen LogP contribution < -0.4 is 5.73 Å². The molecule has 0 saturated heterocycles. The maximum absolute atomic E-state index is 5.92. The van der Waals surface area contributed by atoms with Crippen molar-refractivity contribution in [2.24, 2.45) is 5.73 Å². The van der Waals surface area contributed by atoms with Crippen LogP contribution in [-0.2, 0) is 5.41 Å². The second kappa shape index (κ2) is 4.33. The van der Waals surface area contributed by atoms with Gasteiger partial charge in [0.25, 0.3) is 0 Å². The van der Waals surface area contributed by atoms with Crippen LogP contribution in [0.4, 0.5) is 0 Å². The highest BCUT2D eigenvalue weighted by Crippen LogP contribution is 2.30. The molecule has 0 heterocycles. The Balaban J connectivity index is 3.06. The molecule has 14 heavy (non-hydrogen) atoms. The summed E-state index contributed by atoms with van der Waals surface area (Å²) in [4.78, 5) is 0. The van der Waals surface area contributed by atoms with Crippen molar-refractivity contribution in [1.82, 2.24) is 0 Å². The Labute approximate surface area is 91.3 Å². The van der Waals surface area contributed by atoms with E-state index in [0.29, 0.717) is 0 Å². The van der Waals surface area contributed by atoms with Gasteiger partial charge in [0, 0.05) is 5.02 Å². The summed E-state index contributed by atoms with van der Waals surface area (Å²) in [5, 5.41) is 0.801. The average Bonchev–Trinajstić information content (AvgIpc) is 2.02. The molecule has 0 unspecified atom stereocenters. The average molecular weight is 212 g/mol. The highest BCUT2D eigenvalue weighted by Gasteiger charge is 2.21. The third kappa shape index (κ3) is 2.49. The number of benzene rings is 1. The third-order valence-corrected chi connectivity index (χ3v) is 2.92. The van der Waals surface area contributed by atoms with Crippen LogP contribution in [0, 0.1) is 6.92 Å². The highest BCUT2D eigenvalue weighted by atomic mass is 35.5. The van der Waals surface area contributed by atoms with Crippen LogP contribution in [0.25, 0.3) is 0 Å². The van der Waals surface area contributed by atoms with Gasteiger partial charge in [-0.25, -0.2) is 0 Å². The van der Waals surface area contributed by atoms with Crippen molar-refractivity contribution in [1.29, 1.82) is 0 Å². The number of hydrogen-bond donors (Lipinski definition) is 1. The van der Waals surface area contributed by atoms with Crippen molar-refractivity contribution in [3.8, 4) is 0 Å². The van der Waals surface area contributed by atoms with Gasteiger partial charge in [-0.3, -0.25) is 0 Å². The van der Waals surface area contributed by atoms with E-state index in [2.05, 4.69) is 26.8 Å². The SMILES string of the molecule is Cc1cc(Cl)ccc1C(C)(C)CCN. The summed E-state index contributed by atoms with van der Waals surface area (Å²) in [5.41, 5.74) is 8.33. The monoisotopic (exact) mass is 211 g/mol. The van der Waals surface area contributed by atoms with Gasteiger partial charge in [-0.2, -0.15) is 0 Å². The maximum atomic E-state index is 5.92. The molecule has 0 atom stereocenters. The molecule has 1 nitrogen and oxygen atoms in total. The molecule has 0 bridgehead atoms. The zero-order valence-corrected chi connectivity index (χ0v) is 9.86. The standard InChI is InChI=1S/C12H18ClN/c1-9-8-10(13)4-5-11(9)12(2,3)6-7-14/h4-5,8H,6-7,14H2,1-3H3. The van der Waals surface area contributed by atoms with Gasteiger partial charge in [0.15, 0.2) is 0 Å². The summed E-state index contributed by atoms with van der Waals surface area (Å²) < 4.78 is 0. The lowest BCUT2D eigenvalue weighted by atomic mass is 9.79. The van der Waals surface area contributed by atoms with Gasteiger partial charge in [0.2, 0.25) is 0 Å². The first kappa shape index (κ1) is 11.5. The number of rotatable bonds is 3. The van der Waals surface area contributed by atoms with E-state index in [1.165, 1.54) is 11.1 Å². The van der Waals surface area contributed by atoms with Crippen LogP contribution in [0.15, 0.2) is 18.2 Å². The fourth-order valence-corrected chi connectivity index (χ4v) is 2.11. The minimum absolute atomic E-state index is 0.142. The lowest BCUT2D eigenvalue weighted by Gasteiger charge is -2.26. The van der Waals surface area contributed by atoms with Crippen molar-refractivity contribution in [3.05, 3.63) is 34.3 Å². The molecule has 2 heteroatoms. The first-order valence-electron chi connectivity index (χ1n) is 4.94. The Kier molecular flexibility index (Phi) is 3.57. The third-order valence-electron chi connectivity index (χ3n) is 2.69. The van der Waals surface area contributed by atoms with Crippen molar-refractivity contribution in [3.63, 3.8) is 0 Å². The zero-order valence-electron chi connectivity index (χ0n) is 9.10.